The Hall–Kier alpha value is -1.71. The van der Waals surface area contributed by atoms with E-state index in [4.69, 9.17) is 0 Å². The second kappa shape index (κ2) is 6.40. The summed E-state index contributed by atoms with van der Waals surface area (Å²) in [4.78, 5) is 23.2. The maximum Gasteiger partial charge on any atom is 0.222 e. The molecule has 1 saturated heterocycles. The fourth-order valence-corrected chi connectivity index (χ4v) is 7.80. The zero-order chi connectivity index (χ0) is 19.5. The molecule has 0 radical (unpaired) electrons. The number of hydrogen-bond donors (Lipinski definition) is 0. The number of carbonyl (C=O) groups excluding carboxylic acids is 1. The molecule has 4 nitrogen and oxygen atoms in total. The molecule has 4 heteroatoms. The van der Waals surface area contributed by atoms with Crippen LogP contribution in [0.3, 0.4) is 0 Å². The number of rotatable bonds is 1. The van der Waals surface area contributed by atoms with Crippen LogP contribution < -0.4 is 0 Å². The molecule has 1 unspecified atom stereocenters. The van der Waals surface area contributed by atoms with Crippen LogP contribution in [0.25, 0.3) is 6.08 Å². The molecule has 2 heterocycles. The molecule has 1 aromatic rings. The molecule has 0 bridgehead atoms. The number of allylic oxidation sites excluding steroid dienone is 1. The highest BCUT2D eigenvalue weighted by Crippen LogP contribution is 2.66. The van der Waals surface area contributed by atoms with Gasteiger partial charge in [-0.3, -0.25) is 14.8 Å². The summed E-state index contributed by atoms with van der Waals surface area (Å²) in [5.41, 5.74) is 3.23. The van der Waals surface area contributed by atoms with E-state index in [0.717, 1.165) is 36.3 Å². The topological polar surface area (TPSA) is 46.1 Å². The monoisotopic (exact) mass is 379 g/mol. The van der Waals surface area contributed by atoms with E-state index in [1.54, 1.807) is 18.0 Å². The third-order valence-electron chi connectivity index (χ3n) is 9.31. The number of carbonyl (C=O) groups is 1. The van der Waals surface area contributed by atoms with Crippen molar-refractivity contribution in [3.63, 3.8) is 0 Å². The molecule has 28 heavy (non-hydrogen) atoms. The summed E-state index contributed by atoms with van der Waals surface area (Å²) in [5.74, 6) is 2.73. The van der Waals surface area contributed by atoms with Crippen molar-refractivity contribution in [1.29, 1.82) is 0 Å². The third-order valence-corrected chi connectivity index (χ3v) is 9.31. The third kappa shape index (κ3) is 2.52. The van der Waals surface area contributed by atoms with Crippen molar-refractivity contribution in [2.24, 2.45) is 28.6 Å². The molecule has 1 amide bonds. The van der Waals surface area contributed by atoms with E-state index in [9.17, 15) is 4.79 Å². The Bertz CT molecular complexity index is 805. The first-order valence-corrected chi connectivity index (χ1v) is 11.2. The standard InChI is InChI=1S/C24H33N3O/c1-23-10-8-20-18(5-7-21-24(20,2)11-9-22(28)27(21)3)19(23)6-4-16(23)14-17-15-25-12-13-26-17/h12-15,18-21H,4-11H2,1-3H3/t18-,19-,20+,21?,23+,24+/m0/s1. The largest absolute Gasteiger partial charge is 0.342 e. The molecule has 4 fully saturated rings. The van der Waals surface area contributed by atoms with Gasteiger partial charge in [-0.15, -0.1) is 0 Å². The minimum atomic E-state index is 0.310. The first-order valence-electron chi connectivity index (χ1n) is 11.2. The average molecular weight is 380 g/mol. The molecule has 0 aromatic carbocycles. The molecule has 3 saturated carbocycles. The summed E-state index contributed by atoms with van der Waals surface area (Å²) in [6.07, 6.45) is 17.2. The van der Waals surface area contributed by atoms with Crippen molar-refractivity contribution >= 4 is 12.0 Å². The minimum absolute atomic E-state index is 0.310. The highest BCUT2D eigenvalue weighted by atomic mass is 16.2. The van der Waals surface area contributed by atoms with Gasteiger partial charge in [-0.25, -0.2) is 0 Å². The van der Waals surface area contributed by atoms with E-state index in [1.807, 2.05) is 6.20 Å². The van der Waals surface area contributed by atoms with E-state index in [2.05, 4.69) is 41.8 Å². The molecule has 4 aliphatic rings. The molecule has 1 aliphatic heterocycles. The lowest BCUT2D eigenvalue weighted by Crippen LogP contribution is -2.61. The van der Waals surface area contributed by atoms with Gasteiger partial charge in [-0.2, -0.15) is 0 Å². The van der Waals surface area contributed by atoms with Crippen molar-refractivity contribution in [2.45, 2.75) is 71.3 Å². The summed E-state index contributed by atoms with van der Waals surface area (Å²) in [6, 6.07) is 0.454. The maximum absolute atomic E-state index is 12.3. The number of likely N-dealkylation sites (tertiary alicyclic amines) is 1. The van der Waals surface area contributed by atoms with Gasteiger partial charge in [0, 0.05) is 31.9 Å². The van der Waals surface area contributed by atoms with E-state index < -0.39 is 0 Å². The minimum Gasteiger partial charge on any atom is -0.342 e. The second-order valence-electron chi connectivity index (χ2n) is 10.3. The van der Waals surface area contributed by atoms with E-state index in [1.165, 1.54) is 38.5 Å². The SMILES string of the molecule is CN1C(=O)CC[C@@]2(C)C1CC[C@@H]1[C@H]2CC[C@]2(C)C(=Cc3cnccn3)CC[C@@H]12. The maximum atomic E-state index is 12.3. The normalized spacial score (nSPS) is 44.2. The zero-order valence-electron chi connectivity index (χ0n) is 17.5. The van der Waals surface area contributed by atoms with Crippen LogP contribution in [0.15, 0.2) is 24.2 Å². The lowest BCUT2D eigenvalue weighted by Gasteiger charge is -2.61. The molecular formula is C24H33N3O. The van der Waals surface area contributed by atoms with Crippen LogP contribution in [-0.4, -0.2) is 33.9 Å². The van der Waals surface area contributed by atoms with Crippen molar-refractivity contribution in [3.8, 4) is 0 Å². The summed E-state index contributed by atoms with van der Waals surface area (Å²) in [7, 11) is 2.05. The van der Waals surface area contributed by atoms with Crippen LogP contribution in [0.1, 0.15) is 70.9 Å². The van der Waals surface area contributed by atoms with Crippen molar-refractivity contribution in [3.05, 3.63) is 29.9 Å². The van der Waals surface area contributed by atoms with Gasteiger partial charge in [0.15, 0.2) is 0 Å². The number of fused-ring (bicyclic) bond motifs is 5. The van der Waals surface area contributed by atoms with Gasteiger partial charge in [0.25, 0.3) is 0 Å². The van der Waals surface area contributed by atoms with Crippen LogP contribution in [0, 0.1) is 28.6 Å². The van der Waals surface area contributed by atoms with Gasteiger partial charge in [0.05, 0.1) is 11.9 Å². The van der Waals surface area contributed by atoms with Crippen molar-refractivity contribution < 1.29 is 4.79 Å². The molecular weight excluding hydrogens is 346 g/mol. The van der Waals surface area contributed by atoms with Crippen LogP contribution in [-0.2, 0) is 4.79 Å². The average Bonchev–Trinajstić information content (AvgIpc) is 3.02. The highest BCUT2D eigenvalue weighted by Gasteiger charge is 2.60. The van der Waals surface area contributed by atoms with Crippen molar-refractivity contribution in [2.75, 3.05) is 7.05 Å². The van der Waals surface area contributed by atoms with Gasteiger partial charge in [-0.05, 0) is 79.6 Å². The molecule has 0 spiro atoms. The van der Waals surface area contributed by atoms with Crippen LogP contribution in [0.2, 0.25) is 0 Å². The van der Waals surface area contributed by atoms with Gasteiger partial charge in [0.1, 0.15) is 0 Å². The van der Waals surface area contributed by atoms with Gasteiger partial charge >= 0.3 is 0 Å². The Morgan fingerprint density at radius 3 is 2.71 bits per heavy atom. The lowest BCUT2D eigenvalue weighted by atomic mass is 9.47. The molecule has 5 rings (SSSR count). The van der Waals surface area contributed by atoms with Gasteiger partial charge < -0.3 is 4.90 Å². The number of piperidine rings is 1. The molecule has 3 aliphatic carbocycles. The molecule has 6 atom stereocenters. The van der Waals surface area contributed by atoms with Crippen molar-refractivity contribution in [1.82, 2.24) is 14.9 Å². The molecule has 0 N–H and O–H groups in total. The lowest BCUT2D eigenvalue weighted by molar-refractivity contribution is -0.156. The van der Waals surface area contributed by atoms with E-state index in [0.29, 0.717) is 22.8 Å². The first kappa shape index (κ1) is 18.3. The zero-order valence-corrected chi connectivity index (χ0v) is 17.5. The quantitative estimate of drug-likeness (QED) is 0.709. The van der Waals surface area contributed by atoms with E-state index in [-0.39, 0.29) is 0 Å². The smallest absolute Gasteiger partial charge is 0.222 e. The Morgan fingerprint density at radius 1 is 1.07 bits per heavy atom. The Labute approximate surface area is 168 Å². The first-order chi connectivity index (χ1) is 13.4. The predicted octanol–water partition coefficient (Wildman–Crippen LogP) is 4.72. The van der Waals surface area contributed by atoms with Gasteiger partial charge in [-0.1, -0.05) is 19.4 Å². The number of nitrogens with zero attached hydrogens (tertiary/aromatic N) is 3. The highest BCUT2D eigenvalue weighted by molar-refractivity contribution is 5.77. The number of hydrogen-bond acceptors (Lipinski definition) is 3. The summed E-state index contributed by atoms with van der Waals surface area (Å²) in [5, 5.41) is 0. The second-order valence-corrected chi connectivity index (χ2v) is 10.3. The van der Waals surface area contributed by atoms with Gasteiger partial charge in [0.2, 0.25) is 5.91 Å². The van der Waals surface area contributed by atoms with Crippen LogP contribution in [0.4, 0.5) is 0 Å². The van der Waals surface area contributed by atoms with E-state index >= 15 is 0 Å². The fraction of sp³-hybridized carbons (Fsp3) is 0.708. The summed E-state index contributed by atoms with van der Waals surface area (Å²) < 4.78 is 0. The number of amides is 1. The van der Waals surface area contributed by atoms with Crippen LogP contribution >= 0.6 is 0 Å². The fourth-order valence-electron chi connectivity index (χ4n) is 7.80. The number of aromatic nitrogens is 2. The Balaban J connectivity index is 1.44. The summed E-state index contributed by atoms with van der Waals surface area (Å²) in [6.45, 7) is 5.03. The molecule has 150 valence electrons. The Kier molecular flexibility index (Phi) is 4.19. The Morgan fingerprint density at radius 2 is 1.93 bits per heavy atom. The molecule has 1 aromatic heterocycles. The summed E-state index contributed by atoms with van der Waals surface area (Å²) >= 11 is 0. The predicted molar refractivity (Wildman–Crippen MR) is 110 cm³/mol. The van der Waals surface area contributed by atoms with Crippen LogP contribution in [0.5, 0.6) is 0 Å².